The molecule has 0 aromatic carbocycles. The smallest absolute Gasteiger partial charge is 0.238 e. The highest BCUT2D eigenvalue weighted by molar-refractivity contribution is 5.72. The Hall–Kier alpha value is -0.530. The molecule has 0 spiro atoms. The van der Waals surface area contributed by atoms with E-state index in [4.69, 9.17) is 0 Å². The van der Waals surface area contributed by atoms with E-state index in [0.29, 0.717) is 0 Å². The van der Waals surface area contributed by atoms with Crippen molar-refractivity contribution >= 4 is 5.84 Å². The van der Waals surface area contributed by atoms with Gasteiger partial charge in [0, 0.05) is 6.92 Å². The van der Waals surface area contributed by atoms with Crippen molar-refractivity contribution in [2.75, 3.05) is 14.1 Å². The fourth-order valence-corrected chi connectivity index (χ4v) is 0.125. The van der Waals surface area contributed by atoms with E-state index in [1.165, 1.54) is 0 Å². The van der Waals surface area contributed by atoms with Gasteiger partial charge in [0.05, 0.1) is 14.1 Å². The molecule has 0 aliphatic rings. The van der Waals surface area contributed by atoms with Crippen LogP contribution < -0.4 is 10.3 Å². The van der Waals surface area contributed by atoms with Crippen molar-refractivity contribution in [2.45, 2.75) is 14.4 Å². The summed E-state index contributed by atoms with van der Waals surface area (Å²) in [5.74, 6) is 1.09. The molecule has 0 aromatic rings. The first-order chi connectivity index (χ1) is 2.81. The zero-order valence-corrected chi connectivity index (χ0v) is 4.50. The molecular formula is C5H15N2+. The Bertz CT molecular complexity index is 57.1. The van der Waals surface area contributed by atoms with Gasteiger partial charge in [-0.3, -0.25) is 10.3 Å². The maximum atomic E-state index is 2.92. The van der Waals surface area contributed by atoms with Crippen LogP contribution in [0.5, 0.6) is 0 Å². The molecule has 0 saturated heterocycles. The van der Waals surface area contributed by atoms with Crippen LogP contribution in [-0.2, 0) is 0 Å². The highest BCUT2D eigenvalue weighted by atomic mass is 14.9. The first-order valence-corrected chi connectivity index (χ1v) is 2.00. The second kappa shape index (κ2) is 5.47. The molecule has 0 saturated carbocycles. The molecule has 0 heterocycles. The van der Waals surface area contributed by atoms with E-state index in [1.807, 2.05) is 21.0 Å². The highest BCUT2D eigenvalue weighted by Gasteiger charge is 1.80. The minimum atomic E-state index is 0. The largest absolute Gasteiger partial charge is 0.282 e. The number of amidine groups is 1. The highest BCUT2D eigenvalue weighted by Crippen LogP contribution is 1.39. The Kier molecular flexibility index (Phi) is 7.57. The van der Waals surface area contributed by atoms with Crippen LogP contribution in [0.3, 0.4) is 0 Å². The Morgan fingerprint density at radius 1 is 1.57 bits per heavy atom. The molecule has 0 rings (SSSR count). The zero-order valence-electron chi connectivity index (χ0n) is 4.50. The van der Waals surface area contributed by atoms with Gasteiger partial charge in [-0.25, -0.2) is 0 Å². The van der Waals surface area contributed by atoms with Crippen LogP contribution in [0, 0.1) is 0 Å². The molecule has 2 heteroatoms. The van der Waals surface area contributed by atoms with Crippen LogP contribution in [0.2, 0.25) is 0 Å². The van der Waals surface area contributed by atoms with Crippen molar-refractivity contribution in [2.24, 2.45) is 0 Å². The third-order valence-corrected chi connectivity index (χ3v) is 0.750. The van der Waals surface area contributed by atoms with Crippen molar-refractivity contribution in [1.82, 2.24) is 5.32 Å². The molecule has 0 aliphatic carbocycles. The van der Waals surface area contributed by atoms with E-state index in [0.717, 1.165) is 5.84 Å². The van der Waals surface area contributed by atoms with Crippen LogP contribution in [0.25, 0.3) is 0 Å². The Labute approximate surface area is 45.7 Å². The lowest BCUT2D eigenvalue weighted by Gasteiger charge is -1.81. The standard InChI is InChI=1S/C4H10N2.CH4/c1-4(5-2)6-3;/h1-3H3,(H,5,6);1H4/p+1. The van der Waals surface area contributed by atoms with E-state index in [2.05, 4.69) is 10.3 Å². The Morgan fingerprint density at radius 3 is 2.00 bits per heavy atom. The van der Waals surface area contributed by atoms with Crippen LogP contribution in [0.4, 0.5) is 0 Å². The van der Waals surface area contributed by atoms with Gasteiger partial charge in [-0.2, -0.15) is 0 Å². The van der Waals surface area contributed by atoms with Crippen molar-refractivity contribution < 1.29 is 4.99 Å². The van der Waals surface area contributed by atoms with Crippen LogP contribution in [-0.4, -0.2) is 19.9 Å². The minimum Gasteiger partial charge on any atom is -0.282 e. The summed E-state index contributed by atoms with van der Waals surface area (Å²) in [6, 6.07) is 0. The van der Waals surface area contributed by atoms with E-state index in [1.54, 1.807) is 0 Å². The van der Waals surface area contributed by atoms with Gasteiger partial charge in [0.1, 0.15) is 0 Å². The summed E-state index contributed by atoms with van der Waals surface area (Å²) >= 11 is 0. The lowest BCUT2D eigenvalue weighted by molar-refractivity contribution is -0.422. The summed E-state index contributed by atoms with van der Waals surface area (Å²) in [4.78, 5) is 2.92. The molecule has 2 nitrogen and oxygen atoms in total. The molecule has 0 unspecified atom stereocenters. The van der Waals surface area contributed by atoms with Crippen molar-refractivity contribution in [3.8, 4) is 0 Å². The molecule has 2 N–H and O–H groups in total. The van der Waals surface area contributed by atoms with Gasteiger partial charge in [0.15, 0.2) is 0 Å². The van der Waals surface area contributed by atoms with Gasteiger partial charge in [-0.1, -0.05) is 7.43 Å². The van der Waals surface area contributed by atoms with Gasteiger partial charge >= 0.3 is 0 Å². The number of hydrogen-bond acceptors (Lipinski definition) is 0. The topological polar surface area (TPSA) is 26.0 Å². The van der Waals surface area contributed by atoms with Crippen LogP contribution >= 0.6 is 0 Å². The van der Waals surface area contributed by atoms with E-state index >= 15 is 0 Å². The number of rotatable bonds is 0. The second-order valence-electron chi connectivity index (χ2n) is 1.12. The van der Waals surface area contributed by atoms with Gasteiger partial charge in [-0.05, 0) is 0 Å². The predicted molar refractivity (Wildman–Crippen MR) is 33.4 cm³/mol. The van der Waals surface area contributed by atoms with Crippen LogP contribution in [0.15, 0.2) is 0 Å². The number of hydrogen-bond donors (Lipinski definition) is 2. The number of nitrogens with one attached hydrogen (secondary N) is 2. The second-order valence-corrected chi connectivity index (χ2v) is 1.12. The van der Waals surface area contributed by atoms with Gasteiger partial charge in [0.2, 0.25) is 5.84 Å². The SMILES string of the molecule is C.CNC(C)=[NH+]C. The maximum Gasteiger partial charge on any atom is 0.238 e. The third-order valence-electron chi connectivity index (χ3n) is 0.750. The fourth-order valence-electron chi connectivity index (χ4n) is 0.125. The first-order valence-electron chi connectivity index (χ1n) is 2.00. The normalized spacial score (nSPS) is 9.86. The predicted octanol–water partition coefficient (Wildman–Crippen LogP) is -1.03. The average molecular weight is 103 g/mol. The lowest BCUT2D eigenvalue weighted by atomic mass is 10.7. The van der Waals surface area contributed by atoms with Crippen molar-refractivity contribution in [3.05, 3.63) is 0 Å². The molecule has 0 aromatic heterocycles. The molecule has 0 amide bonds. The monoisotopic (exact) mass is 103 g/mol. The third kappa shape index (κ3) is 5.47. The summed E-state index contributed by atoms with van der Waals surface area (Å²) < 4.78 is 0. The zero-order chi connectivity index (χ0) is 4.99. The van der Waals surface area contributed by atoms with E-state index in [-0.39, 0.29) is 7.43 Å². The van der Waals surface area contributed by atoms with Crippen LogP contribution in [0.1, 0.15) is 14.4 Å². The quantitative estimate of drug-likeness (QED) is 0.297. The van der Waals surface area contributed by atoms with Gasteiger partial charge in [-0.15, -0.1) is 0 Å². The Morgan fingerprint density at radius 2 is 2.00 bits per heavy atom. The summed E-state index contributed by atoms with van der Waals surface area (Å²) in [5, 5.41) is 2.92. The van der Waals surface area contributed by atoms with Gasteiger partial charge < -0.3 is 0 Å². The molecule has 7 heavy (non-hydrogen) atoms. The summed E-state index contributed by atoms with van der Waals surface area (Å²) in [5.41, 5.74) is 0. The summed E-state index contributed by atoms with van der Waals surface area (Å²) in [6.07, 6.45) is 0. The molecule has 44 valence electrons. The van der Waals surface area contributed by atoms with E-state index < -0.39 is 0 Å². The molecule has 0 atom stereocenters. The molecule has 0 aliphatic heterocycles. The van der Waals surface area contributed by atoms with Crippen molar-refractivity contribution in [1.29, 1.82) is 0 Å². The average Bonchev–Trinajstić information content (AvgIpc) is 1.65. The van der Waals surface area contributed by atoms with Gasteiger partial charge in [0.25, 0.3) is 0 Å². The van der Waals surface area contributed by atoms with E-state index in [9.17, 15) is 0 Å². The lowest BCUT2D eigenvalue weighted by Crippen LogP contribution is -2.70. The molecule has 0 radical (unpaired) electrons. The van der Waals surface area contributed by atoms with Crippen molar-refractivity contribution in [3.63, 3.8) is 0 Å². The summed E-state index contributed by atoms with van der Waals surface area (Å²) in [7, 11) is 3.76. The summed E-state index contributed by atoms with van der Waals surface area (Å²) in [6.45, 7) is 1.97. The Balaban J connectivity index is 0. The maximum absolute atomic E-state index is 2.92. The first kappa shape index (κ1) is 9.69. The molecule has 0 bridgehead atoms. The molecular weight excluding hydrogens is 88.1 g/mol. The minimum absolute atomic E-state index is 0. The molecule has 0 fully saturated rings. The fraction of sp³-hybridized carbons (Fsp3) is 0.800.